The molecule has 0 radical (unpaired) electrons. The summed E-state index contributed by atoms with van der Waals surface area (Å²) in [5.41, 5.74) is 1.28. The van der Waals surface area contributed by atoms with Crippen molar-refractivity contribution < 1.29 is 4.74 Å². The van der Waals surface area contributed by atoms with Gasteiger partial charge in [0.1, 0.15) is 0 Å². The molecular weight excluding hydrogens is 437 g/mol. The first kappa shape index (κ1) is 21.5. The van der Waals surface area contributed by atoms with Crippen LogP contribution in [-0.2, 0) is 4.74 Å². The van der Waals surface area contributed by atoms with Crippen molar-refractivity contribution in [3.63, 3.8) is 0 Å². The highest BCUT2D eigenvalue weighted by Crippen LogP contribution is 2.34. The van der Waals surface area contributed by atoms with Gasteiger partial charge in [-0.25, -0.2) is 0 Å². The second kappa shape index (κ2) is 10.5. The molecule has 2 fully saturated rings. The van der Waals surface area contributed by atoms with Gasteiger partial charge >= 0.3 is 0 Å². The van der Waals surface area contributed by atoms with Gasteiger partial charge in [-0.1, -0.05) is 44.2 Å². The number of nitrogens with one attached hydrogen (secondary N) is 2. The molecule has 1 aliphatic carbocycles. The van der Waals surface area contributed by atoms with Crippen molar-refractivity contribution in [3.05, 3.63) is 35.9 Å². The number of rotatable bonds is 4. The predicted octanol–water partition coefficient (Wildman–Crippen LogP) is 4.37. The molecule has 4 unspecified atom stereocenters. The van der Waals surface area contributed by atoms with Crippen molar-refractivity contribution in [2.24, 2.45) is 22.7 Å². The average Bonchev–Trinajstić information content (AvgIpc) is 3.07. The summed E-state index contributed by atoms with van der Waals surface area (Å²) < 4.78 is 6.00. The molecular formula is C21H34IN3O. The molecule has 3 rings (SSSR count). The molecule has 1 aromatic carbocycles. The molecule has 1 aromatic rings. The Bertz CT molecular complexity index is 556. The molecule has 146 valence electrons. The van der Waals surface area contributed by atoms with Crippen LogP contribution in [0.1, 0.15) is 51.2 Å². The van der Waals surface area contributed by atoms with E-state index < -0.39 is 0 Å². The summed E-state index contributed by atoms with van der Waals surface area (Å²) in [5.74, 6) is 3.02. The lowest BCUT2D eigenvalue weighted by Gasteiger charge is -2.33. The van der Waals surface area contributed by atoms with Gasteiger partial charge in [-0.05, 0) is 43.1 Å². The van der Waals surface area contributed by atoms with E-state index in [2.05, 4.69) is 59.8 Å². The van der Waals surface area contributed by atoms with E-state index in [9.17, 15) is 0 Å². The van der Waals surface area contributed by atoms with Crippen LogP contribution >= 0.6 is 24.0 Å². The molecule has 0 bridgehead atoms. The summed E-state index contributed by atoms with van der Waals surface area (Å²) in [6, 6.07) is 11.1. The van der Waals surface area contributed by atoms with Crippen molar-refractivity contribution in [1.29, 1.82) is 0 Å². The number of hydrogen-bond acceptors (Lipinski definition) is 2. The molecule has 4 atom stereocenters. The van der Waals surface area contributed by atoms with E-state index in [-0.39, 0.29) is 30.1 Å². The van der Waals surface area contributed by atoms with Crippen molar-refractivity contribution in [2.75, 3.05) is 20.2 Å². The van der Waals surface area contributed by atoms with Crippen LogP contribution in [0.25, 0.3) is 0 Å². The summed E-state index contributed by atoms with van der Waals surface area (Å²) >= 11 is 0. The molecule has 2 N–H and O–H groups in total. The second-order valence-corrected chi connectivity index (χ2v) is 7.96. The van der Waals surface area contributed by atoms with E-state index in [4.69, 9.17) is 4.74 Å². The number of hydrogen-bond donors (Lipinski definition) is 2. The molecule has 1 heterocycles. The van der Waals surface area contributed by atoms with Gasteiger partial charge in [-0.15, -0.1) is 24.0 Å². The smallest absolute Gasteiger partial charge is 0.191 e. The van der Waals surface area contributed by atoms with Gasteiger partial charge < -0.3 is 15.4 Å². The maximum absolute atomic E-state index is 6.00. The standard InChI is InChI=1S/C21H33N3O.HI/c1-15-11-16(2)13-19(12-15)24-21(22-3)23-14-18-9-10-25-20(18)17-7-5-4-6-8-17;/h4-8,15-16,18-20H,9-14H2,1-3H3,(H2,22,23,24);1H. The first-order chi connectivity index (χ1) is 12.2. The van der Waals surface area contributed by atoms with E-state index in [1.54, 1.807) is 0 Å². The summed E-state index contributed by atoms with van der Waals surface area (Å²) in [7, 11) is 1.87. The minimum absolute atomic E-state index is 0. The Morgan fingerprint density at radius 2 is 1.81 bits per heavy atom. The average molecular weight is 471 g/mol. The van der Waals surface area contributed by atoms with Gasteiger partial charge in [0.05, 0.1) is 6.10 Å². The van der Waals surface area contributed by atoms with Gasteiger partial charge in [-0.2, -0.15) is 0 Å². The Balaban J connectivity index is 0.00000243. The fourth-order valence-electron chi connectivity index (χ4n) is 4.53. The van der Waals surface area contributed by atoms with Crippen molar-refractivity contribution >= 4 is 29.9 Å². The Hall–Kier alpha value is -0.820. The van der Waals surface area contributed by atoms with E-state index in [1.165, 1.54) is 24.8 Å². The SMILES string of the molecule is CN=C(NCC1CCOC1c1ccccc1)NC1CC(C)CC(C)C1.I. The number of benzene rings is 1. The van der Waals surface area contributed by atoms with Gasteiger partial charge in [0.2, 0.25) is 0 Å². The fraction of sp³-hybridized carbons (Fsp3) is 0.667. The molecule has 0 amide bonds. The monoisotopic (exact) mass is 471 g/mol. The zero-order valence-electron chi connectivity index (χ0n) is 16.3. The molecule has 5 heteroatoms. The van der Waals surface area contributed by atoms with Crippen molar-refractivity contribution in [3.8, 4) is 0 Å². The molecule has 26 heavy (non-hydrogen) atoms. The Morgan fingerprint density at radius 1 is 1.12 bits per heavy atom. The van der Waals surface area contributed by atoms with Crippen molar-refractivity contribution in [1.82, 2.24) is 10.6 Å². The van der Waals surface area contributed by atoms with Gasteiger partial charge in [0.25, 0.3) is 0 Å². The molecule has 1 saturated heterocycles. The molecule has 0 aromatic heterocycles. The highest BCUT2D eigenvalue weighted by molar-refractivity contribution is 14.0. The number of nitrogens with zero attached hydrogens (tertiary/aromatic N) is 1. The predicted molar refractivity (Wildman–Crippen MR) is 119 cm³/mol. The number of ether oxygens (including phenoxy) is 1. The normalized spacial score (nSPS) is 32.0. The lowest BCUT2D eigenvalue weighted by atomic mass is 9.80. The minimum Gasteiger partial charge on any atom is -0.373 e. The molecule has 1 aliphatic heterocycles. The molecule has 4 nitrogen and oxygen atoms in total. The zero-order valence-corrected chi connectivity index (χ0v) is 18.6. The lowest BCUT2D eigenvalue weighted by Crippen LogP contribution is -2.47. The molecule has 1 saturated carbocycles. The van der Waals surface area contributed by atoms with Gasteiger partial charge in [-0.3, -0.25) is 4.99 Å². The lowest BCUT2D eigenvalue weighted by molar-refractivity contribution is 0.0915. The highest BCUT2D eigenvalue weighted by atomic mass is 127. The third kappa shape index (κ3) is 5.84. The number of guanidine groups is 1. The maximum Gasteiger partial charge on any atom is 0.191 e. The summed E-state index contributed by atoms with van der Waals surface area (Å²) in [5, 5.41) is 7.19. The van der Waals surface area contributed by atoms with Crippen LogP contribution in [0.5, 0.6) is 0 Å². The maximum atomic E-state index is 6.00. The Kier molecular flexibility index (Phi) is 8.67. The third-order valence-electron chi connectivity index (χ3n) is 5.62. The fourth-order valence-corrected chi connectivity index (χ4v) is 4.53. The first-order valence-electron chi connectivity index (χ1n) is 9.79. The van der Waals surface area contributed by atoms with Crippen molar-refractivity contribution in [2.45, 2.75) is 51.7 Å². The van der Waals surface area contributed by atoms with Crippen LogP contribution in [0, 0.1) is 17.8 Å². The summed E-state index contributed by atoms with van der Waals surface area (Å²) in [6.07, 6.45) is 5.12. The number of aliphatic imine (C=N–C) groups is 1. The quantitative estimate of drug-likeness (QED) is 0.390. The van der Waals surface area contributed by atoms with Crippen LogP contribution in [0.4, 0.5) is 0 Å². The second-order valence-electron chi connectivity index (χ2n) is 7.96. The molecule has 2 aliphatic rings. The Labute approximate surface area is 175 Å². The first-order valence-corrected chi connectivity index (χ1v) is 9.79. The van der Waals surface area contributed by atoms with Crippen LogP contribution in [-0.4, -0.2) is 32.2 Å². The Morgan fingerprint density at radius 3 is 2.46 bits per heavy atom. The van der Waals surface area contributed by atoms with Crippen LogP contribution in [0.2, 0.25) is 0 Å². The zero-order chi connectivity index (χ0) is 17.6. The van der Waals surface area contributed by atoms with E-state index in [0.29, 0.717) is 12.0 Å². The third-order valence-corrected chi connectivity index (χ3v) is 5.62. The number of halogens is 1. The topological polar surface area (TPSA) is 45.7 Å². The molecule has 0 spiro atoms. The minimum atomic E-state index is 0. The van der Waals surface area contributed by atoms with E-state index in [0.717, 1.165) is 37.4 Å². The van der Waals surface area contributed by atoms with Gasteiger partial charge in [0.15, 0.2) is 5.96 Å². The van der Waals surface area contributed by atoms with E-state index >= 15 is 0 Å². The van der Waals surface area contributed by atoms with Crippen LogP contribution in [0.3, 0.4) is 0 Å². The van der Waals surface area contributed by atoms with E-state index in [1.807, 2.05) is 7.05 Å². The van der Waals surface area contributed by atoms with Crippen LogP contribution < -0.4 is 10.6 Å². The van der Waals surface area contributed by atoms with Crippen LogP contribution in [0.15, 0.2) is 35.3 Å². The summed E-state index contributed by atoms with van der Waals surface area (Å²) in [6.45, 7) is 6.47. The largest absolute Gasteiger partial charge is 0.373 e. The highest BCUT2D eigenvalue weighted by Gasteiger charge is 2.30. The van der Waals surface area contributed by atoms with Gasteiger partial charge in [0, 0.05) is 32.2 Å². The summed E-state index contributed by atoms with van der Waals surface area (Å²) in [4.78, 5) is 4.44.